The Morgan fingerprint density at radius 1 is 1.24 bits per heavy atom. The second-order valence-electron chi connectivity index (χ2n) is 6.51. The number of aliphatic imine (C=N–C) groups is 1. The number of ether oxygens (including phenoxy) is 1. The molecule has 0 bridgehead atoms. The van der Waals surface area contributed by atoms with Crippen LogP contribution < -0.4 is 10.1 Å². The van der Waals surface area contributed by atoms with Crippen molar-refractivity contribution in [2.24, 2.45) is 4.99 Å². The summed E-state index contributed by atoms with van der Waals surface area (Å²) in [6.45, 7) is -0.314. The molecule has 29 heavy (non-hydrogen) atoms. The standard InChI is InChI=1S/C21H19N3O4S/c25-11-15(26)12-28-16-6-4-13(5-7-16)18-10-14-2-1-3-17(19(14)23-18)20(27)24-21-22-8-9-29-21/h1-9,15,25-26H,10-12H2,(H,22,24,27). The summed E-state index contributed by atoms with van der Waals surface area (Å²) in [5.74, 6) is 0.369. The minimum atomic E-state index is -0.905. The maximum atomic E-state index is 12.6. The Kier molecular flexibility index (Phi) is 5.66. The van der Waals surface area contributed by atoms with Crippen molar-refractivity contribution in [3.05, 3.63) is 70.7 Å². The van der Waals surface area contributed by atoms with Crippen molar-refractivity contribution in [2.45, 2.75) is 12.5 Å². The molecule has 0 radical (unpaired) electrons. The maximum absolute atomic E-state index is 12.6. The van der Waals surface area contributed by atoms with Crippen LogP contribution in [0.15, 0.2) is 59.0 Å². The van der Waals surface area contributed by atoms with E-state index in [1.54, 1.807) is 29.8 Å². The lowest BCUT2D eigenvalue weighted by atomic mass is 10.0. The fourth-order valence-corrected chi connectivity index (χ4v) is 3.53. The Morgan fingerprint density at radius 3 is 2.79 bits per heavy atom. The van der Waals surface area contributed by atoms with Gasteiger partial charge in [0.25, 0.3) is 5.91 Å². The summed E-state index contributed by atoms with van der Waals surface area (Å²) in [6, 6.07) is 13.0. The highest BCUT2D eigenvalue weighted by atomic mass is 32.1. The molecule has 3 N–H and O–H groups in total. The number of carbonyl (C=O) groups is 1. The number of hydrogen-bond acceptors (Lipinski definition) is 7. The van der Waals surface area contributed by atoms with E-state index >= 15 is 0 Å². The summed E-state index contributed by atoms with van der Waals surface area (Å²) < 4.78 is 5.43. The first-order valence-corrected chi connectivity index (χ1v) is 9.94. The molecule has 0 fully saturated rings. The van der Waals surface area contributed by atoms with E-state index in [0.29, 0.717) is 28.6 Å². The SMILES string of the molecule is O=C(Nc1nccs1)c1cccc2c1N=C(c1ccc(OCC(O)CO)cc1)C2. The average molecular weight is 409 g/mol. The van der Waals surface area contributed by atoms with Crippen molar-refractivity contribution in [3.8, 4) is 5.75 Å². The van der Waals surface area contributed by atoms with Crippen molar-refractivity contribution in [3.63, 3.8) is 0 Å². The van der Waals surface area contributed by atoms with E-state index in [-0.39, 0.29) is 19.1 Å². The van der Waals surface area contributed by atoms with Crippen LogP contribution in [0, 0.1) is 0 Å². The maximum Gasteiger partial charge on any atom is 0.259 e. The quantitative estimate of drug-likeness (QED) is 0.557. The Hall–Kier alpha value is -3.07. The van der Waals surface area contributed by atoms with E-state index in [0.717, 1.165) is 16.8 Å². The monoisotopic (exact) mass is 409 g/mol. The number of benzene rings is 2. The van der Waals surface area contributed by atoms with Gasteiger partial charge in [-0.25, -0.2) is 4.98 Å². The number of nitrogens with one attached hydrogen (secondary N) is 1. The summed E-state index contributed by atoms with van der Waals surface area (Å²) in [4.78, 5) is 21.4. The molecule has 2 heterocycles. The Morgan fingerprint density at radius 2 is 2.07 bits per heavy atom. The number of nitrogens with zero attached hydrogens (tertiary/aromatic N) is 2. The van der Waals surface area contributed by atoms with Crippen LogP contribution in [0.1, 0.15) is 21.5 Å². The van der Waals surface area contributed by atoms with Gasteiger partial charge in [0.05, 0.1) is 23.6 Å². The van der Waals surface area contributed by atoms with Crippen molar-refractivity contribution < 1.29 is 19.7 Å². The number of carbonyl (C=O) groups excluding carboxylic acids is 1. The van der Waals surface area contributed by atoms with Gasteiger partial charge < -0.3 is 14.9 Å². The number of aromatic nitrogens is 1. The first-order chi connectivity index (χ1) is 14.1. The van der Waals surface area contributed by atoms with Crippen molar-refractivity contribution in [1.82, 2.24) is 4.98 Å². The van der Waals surface area contributed by atoms with E-state index in [1.807, 2.05) is 24.3 Å². The number of aliphatic hydroxyl groups is 2. The summed E-state index contributed by atoms with van der Waals surface area (Å²) >= 11 is 1.36. The molecule has 1 aromatic heterocycles. The number of amides is 1. The molecule has 8 heteroatoms. The van der Waals surface area contributed by atoms with Crippen LogP contribution in [0.4, 0.5) is 10.8 Å². The first kappa shape index (κ1) is 19.3. The van der Waals surface area contributed by atoms with E-state index < -0.39 is 6.10 Å². The Bertz CT molecular complexity index is 1030. The van der Waals surface area contributed by atoms with Crippen molar-refractivity contribution in [2.75, 3.05) is 18.5 Å². The number of rotatable bonds is 7. The number of hydrogen-bond donors (Lipinski definition) is 3. The van der Waals surface area contributed by atoms with Gasteiger partial charge in [0.2, 0.25) is 0 Å². The third kappa shape index (κ3) is 4.34. The lowest BCUT2D eigenvalue weighted by Crippen LogP contribution is -2.21. The van der Waals surface area contributed by atoms with Gasteiger partial charge >= 0.3 is 0 Å². The molecule has 3 aromatic rings. The first-order valence-electron chi connectivity index (χ1n) is 9.06. The molecule has 4 rings (SSSR count). The number of para-hydroxylation sites is 1. The molecule has 148 valence electrons. The zero-order valence-corrected chi connectivity index (χ0v) is 16.2. The number of fused-ring (bicyclic) bond motifs is 1. The third-order valence-electron chi connectivity index (χ3n) is 4.46. The number of thiazole rings is 1. The summed E-state index contributed by atoms with van der Waals surface area (Å²) in [7, 11) is 0. The predicted octanol–water partition coefficient (Wildman–Crippen LogP) is 2.80. The highest BCUT2D eigenvalue weighted by Crippen LogP contribution is 2.33. The molecule has 0 spiro atoms. The second-order valence-corrected chi connectivity index (χ2v) is 7.41. The summed E-state index contributed by atoms with van der Waals surface area (Å²) in [6.07, 6.45) is 1.37. The van der Waals surface area contributed by atoms with E-state index in [2.05, 4.69) is 10.3 Å². The number of anilines is 1. The van der Waals surface area contributed by atoms with Gasteiger partial charge in [0.1, 0.15) is 18.5 Å². The Labute approximate surface area is 171 Å². The largest absolute Gasteiger partial charge is 0.491 e. The van der Waals surface area contributed by atoms with Crippen LogP contribution in [0.5, 0.6) is 5.75 Å². The van der Waals surface area contributed by atoms with Gasteiger partial charge in [0.15, 0.2) is 5.13 Å². The van der Waals surface area contributed by atoms with Crippen LogP contribution in [0.2, 0.25) is 0 Å². The third-order valence-corrected chi connectivity index (χ3v) is 5.15. The fourth-order valence-electron chi connectivity index (χ4n) is 3.01. The van der Waals surface area contributed by atoms with Gasteiger partial charge in [-0.15, -0.1) is 11.3 Å². The fraction of sp³-hybridized carbons (Fsp3) is 0.190. The molecular weight excluding hydrogens is 390 g/mol. The predicted molar refractivity (Wildman–Crippen MR) is 111 cm³/mol. The van der Waals surface area contributed by atoms with Crippen LogP contribution in [-0.2, 0) is 6.42 Å². The topological polar surface area (TPSA) is 104 Å². The van der Waals surface area contributed by atoms with Crippen molar-refractivity contribution in [1.29, 1.82) is 0 Å². The second kappa shape index (κ2) is 8.52. The highest BCUT2D eigenvalue weighted by Gasteiger charge is 2.22. The minimum absolute atomic E-state index is 0.0276. The van der Waals surface area contributed by atoms with Gasteiger partial charge in [-0.3, -0.25) is 15.1 Å². The zero-order valence-electron chi connectivity index (χ0n) is 15.4. The van der Waals surface area contributed by atoms with Crippen LogP contribution in [0.25, 0.3) is 0 Å². The van der Waals surface area contributed by atoms with Gasteiger partial charge in [-0.1, -0.05) is 12.1 Å². The molecule has 1 unspecified atom stereocenters. The average Bonchev–Trinajstić information content (AvgIpc) is 3.41. The van der Waals surface area contributed by atoms with Gasteiger partial charge in [0, 0.05) is 18.0 Å². The lowest BCUT2D eigenvalue weighted by molar-refractivity contribution is 0.0536. The van der Waals surface area contributed by atoms with E-state index in [9.17, 15) is 9.90 Å². The summed E-state index contributed by atoms with van der Waals surface area (Å²) in [5.41, 5.74) is 4.01. The summed E-state index contributed by atoms with van der Waals surface area (Å²) in [5, 5.41) is 23.4. The molecule has 0 saturated carbocycles. The molecule has 0 saturated heterocycles. The minimum Gasteiger partial charge on any atom is -0.491 e. The molecule has 7 nitrogen and oxygen atoms in total. The van der Waals surface area contributed by atoms with Crippen LogP contribution in [0.3, 0.4) is 0 Å². The van der Waals surface area contributed by atoms with Gasteiger partial charge in [-0.2, -0.15) is 0 Å². The van der Waals surface area contributed by atoms with Crippen LogP contribution in [-0.4, -0.2) is 46.1 Å². The molecule has 1 aliphatic heterocycles. The normalized spacial score (nSPS) is 13.5. The molecular formula is C21H19N3O4S. The van der Waals surface area contributed by atoms with E-state index in [1.165, 1.54) is 11.3 Å². The van der Waals surface area contributed by atoms with E-state index in [4.69, 9.17) is 14.8 Å². The molecule has 0 aliphatic carbocycles. The van der Waals surface area contributed by atoms with Gasteiger partial charge in [-0.05, 0) is 41.5 Å². The molecule has 2 aromatic carbocycles. The van der Waals surface area contributed by atoms with Crippen LogP contribution >= 0.6 is 11.3 Å². The lowest BCUT2D eigenvalue weighted by Gasteiger charge is -2.10. The van der Waals surface area contributed by atoms with Crippen molar-refractivity contribution >= 4 is 33.8 Å². The highest BCUT2D eigenvalue weighted by molar-refractivity contribution is 7.13. The molecule has 1 aliphatic rings. The number of aliphatic hydroxyl groups excluding tert-OH is 2. The zero-order chi connectivity index (χ0) is 20.2. The molecule has 1 amide bonds. The Balaban J connectivity index is 1.51. The molecule has 1 atom stereocenters. The smallest absolute Gasteiger partial charge is 0.259 e.